The summed E-state index contributed by atoms with van der Waals surface area (Å²) < 4.78 is 12.1. The van der Waals surface area contributed by atoms with Crippen LogP contribution in [0.1, 0.15) is 24.8 Å². The minimum Gasteiger partial charge on any atom is -0.310 e. The Labute approximate surface area is 105 Å². The number of benzene rings is 1. The second-order valence-corrected chi connectivity index (χ2v) is 6.78. The van der Waals surface area contributed by atoms with Crippen LogP contribution in [0.25, 0.3) is 0 Å². The summed E-state index contributed by atoms with van der Waals surface area (Å²) in [5.41, 5.74) is 1.19. The molecular formula is C14H19NOS. The zero-order valence-electron chi connectivity index (χ0n) is 9.97. The predicted octanol–water partition coefficient (Wildman–Crippen LogP) is 2.08. The van der Waals surface area contributed by atoms with Crippen LogP contribution in [0.2, 0.25) is 0 Å². The van der Waals surface area contributed by atoms with Gasteiger partial charge in [-0.15, -0.1) is 0 Å². The molecule has 1 aromatic rings. The predicted molar refractivity (Wildman–Crippen MR) is 71.2 cm³/mol. The topological polar surface area (TPSA) is 29.1 Å². The minimum atomic E-state index is -0.725. The fraction of sp³-hybridized carbons (Fsp3) is 0.571. The maximum Gasteiger partial charge on any atom is 0.0486 e. The van der Waals surface area contributed by atoms with Crippen molar-refractivity contribution in [3.63, 3.8) is 0 Å². The van der Waals surface area contributed by atoms with Crippen LogP contribution in [0.15, 0.2) is 30.3 Å². The average molecular weight is 249 g/mol. The van der Waals surface area contributed by atoms with Crippen LogP contribution in [0.5, 0.6) is 0 Å². The largest absolute Gasteiger partial charge is 0.310 e. The van der Waals surface area contributed by atoms with Crippen molar-refractivity contribution in [2.45, 2.75) is 37.1 Å². The Morgan fingerprint density at radius 3 is 2.71 bits per heavy atom. The van der Waals surface area contributed by atoms with E-state index in [9.17, 15) is 4.21 Å². The summed E-state index contributed by atoms with van der Waals surface area (Å²) in [6.45, 7) is 0. The van der Waals surface area contributed by atoms with Crippen LogP contribution in [-0.2, 0) is 16.6 Å². The molecule has 3 heteroatoms. The van der Waals surface area contributed by atoms with Gasteiger partial charge in [0.05, 0.1) is 0 Å². The second kappa shape index (κ2) is 4.91. The molecule has 3 rings (SSSR count). The van der Waals surface area contributed by atoms with Gasteiger partial charge in [0.25, 0.3) is 0 Å². The van der Waals surface area contributed by atoms with Crippen LogP contribution >= 0.6 is 0 Å². The molecule has 2 aliphatic rings. The summed E-state index contributed by atoms with van der Waals surface area (Å²) in [6, 6.07) is 11.4. The fourth-order valence-electron chi connectivity index (χ4n) is 3.18. The summed E-state index contributed by atoms with van der Waals surface area (Å²) in [5.74, 6) is 2.33. The highest BCUT2D eigenvalue weighted by atomic mass is 32.2. The zero-order valence-corrected chi connectivity index (χ0v) is 10.8. The van der Waals surface area contributed by atoms with Gasteiger partial charge in [-0.1, -0.05) is 30.3 Å². The summed E-state index contributed by atoms with van der Waals surface area (Å²) in [4.78, 5) is 0. The highest BCUT2D eigenvalue weighted by molar-refractivity contribution is 7.84. The van der Waals surface area contributed by atoms with Gasteiger partial charge in [-0.05, 0) is 30.7 Å². The minimum absolute atomic E-state index is 0.512. The van der Waals surface area contributed by atoms with E-state index in [1.165, 1.54) is 24.8 Å². The Bertz CT molecular complexity index is 406. The van der Waals surface area contributed by atoms with Crippen molar-refractivity contribution >= 4 is 10.8 Å². The van der Waals surface area contributed by atoms with Gasteiger partial charge in [-0.2, -0.15) is 0 Å². The lowest BCUT2D eigenvalue weighted by Crippen LogP contribution is -2.39. The smallest absolute Gasteiger partial charge is 0.0486 e. The van der Waals surface area contributed by atoms with E-state index in [4.69, 9.17) is 0 Å². The molecule has 0 spiro atoms. The molecule has 2 fully saturated rings. The summed E-state index contributed by atoms with van der Waals surface area (Å²) >= 11 is 0. The molecule has 4 atom stereocenters. The zero-order chi connectivity index (χ0) is 11.7. The van der Waals surface area contributed by atoms with Crippen LogP contribution in [0, 0.1) is 5.92 Å². The summed E-state index contributed by atoms with van der Waals surface area (Å²) in [6.07, 6.45) is 3.98. The molecule has 0 aromatic heterocycles. The van der Waals surface area contributed by atoms with E-state index in [-0.39, 0.29) is 0 Å². The molecule has 0 radical (unpaired) electrons. The third kappa shape index (κ3) is 2.61. The van der Waals surface area contributed by atoms with Crippen LogP contribution < -0.4 is 5.32 Å². The first-order valence-corrected chi connectivity index (χ1v) is 7.95. The molecule has 92 valence electrons. The van der Waals surface area contributed by atoms with E-state index < -0.39 is 10.8 Å². The molecule has 17 heavy (non-hydrogen) atoms. The molecule has 1 unspecified atom stereocenters. The van der Waals surface area contributed by atoms with Crippen molar-refractivity contribution in [3.8, 4) is 0 Å². The molecule has 1 aromatic carbocycles. The number of piperidine rings is 1. The Kier molecular flexibility index (Phi) is 3.30. The molecule has 1 N–H and O–H groups in total. The van der Waals surface area contributed by atoms with E-state index in [0.717, 1.165) is 17.7 Å². The molecule has 0 amide bonds. The SMILES string of the molecule is O=S(Cc1ccccc1)C[C@@H]1N[C@H]2CC[C@@H]1C2. The Balaban J connectivity index is 1.54. The van der Waals surface area contributed by atoms with E-state index in [1.54, 1.807) is 0 Å². The van der Waals surface area contributed by atoms with E-state index >= 15 is 0 Å². The lowest BCUT2D eigenvalue weighted by Gasteiger charge is -2.22. The van der Waals surface area contributed by atoms with Gasteiger partial charge in [0.2, 0.25) is 0 Å². The molecule has 1 aliphatic heterocycles. The maximum absolute atomic E-state index is 12.1. The van der Waals surface area contributed by atoms with Gasteiger partial charge in [-0.25, -0.2) is 0 Å². The van der Waals surface area contributed by atoms with Crippen molar-refractivity contribution in [1.82, 2.24) is 5.32 Å². The van der Waals surface area contributed by atoms with Gasteiger partial charge in [0.1, 0.15) is 0 Å². The van der Waals surface area contributed by atoms with Crippen molar-refractivity contribution in [1.29, 1.82) is 0 Å². The molecular weight excluding hydrogens is 230 g/mol. The molecule has 1 heterocycles. The quantitative estimate of drug-likeness (QED) is 0.885. The highest BCUT2D eigenvalue weighted by Gasteiger charge is 2.39. The summed E-state index contributed by atoms with van der Waals surface area (Å²) in [5, 5.41) is 3.61. The fourth-order valence-corrected chi connectivity index (χ4v) is 4.63. The van der Waals surface area contributed by atoms with Crippen LogP contribution in [0.3, 0.4) is 0 Å². The number of rotatable bonds is 4. The average Bonchev–Trinajstić information content (AvgIpc) is 2.92. The van der Waals surface area contributed by atoms with Crippen LogP contribution in [-0.4, -0.2) is 22.0 Å². The Morgan fingerprint density at radius 2 is 2.06 bits per heavy atom. The lowest BCUT2D eigenvalue weighted by atomic mass is 10.0. The van der Waals surface area contributed by atoms with Crippen molar-refractivity contribution in [2.75, 3.05) is 5.75 Å². The van der Waals surface area contributed by atoms with Gasteiger partial charge in [0.15, 0.2) is 0 Å². The second-order valence-electron chi connectivity index (χ2n) is 5.28. The first kappa shape index (κ1) is 11.4. The lowest BCUT2D eigenvalue weighted by molar-refractivity contribution is 0.408. The number of hydrogen-bond acceptors (Lipinski definition) is 2. The van der Waals surface area contributed by atoms with Crippen molar-refractivity contribution in [2.24, 2.45) is 5.92 Å². The molecule has 1 saturated heterocycles. The van der Waals surface area contributed by atoms with Crippen molar-refractivity contribution < 1.29 is 4.21 Å². The molecule has 1 aliphatic carbocycles. The normalized spacial score (nSPS) is 32.8. The number of nitrogens with one attached hydrogen (secondary N) is 1. The van der Waals surface area contributed by atoms with Gasteiger partial charge < -0.3 is 5.32 Å². The van der Waals surface area contributed by atoms with E-state index in [1.807, 2.05) is 18.2 Å². The van der Waals surface area contributed by atoms with Crippen molar-refractivity contribution in [3.05, 3.63) is 35.9 Å². The third-order valence-electron chi connectivity index (χ3n) is 4.03. The summed E-state index contributed by atoms with van der Waals surface area (Å²) in [7, 11) is -0.725. The molecule has 2 bridgehead atoms. The first-order chi connectivity index (χ1) is 8.31. The van der Waals surface area contributed by atoms with E-state index in [2.05, 4.69) is 17.4 Å². The molecule has 2 nitrogen and oxygen atoms in total. The number of hydrogen-bond donors (Lipinski definition) is 1. The van der Waals surface area contributed by atoms with Gasteiger partial charge >= 0.3 is 0 Å². The standard InChI is InChI=1S/C14H19NOS/c16-17(9-11-4-2-1-3-5-11)10-14-12-6-7-13(8-12)15-14/h1-5,12-15H,6-10H2/t12-,13+,14+,17?/m1/s1. The third-order valence-corrected chi connectivity index (χ3v) is 5.41. The Hall–Kier alpha value is -0.670. The number of fused-ring (bicyclic) bond motifs is 2. The monoisotopic (exact) mass is 249 g/mol. The van der Waals surface area contributed by atoms with Gasteiger partial charge in [-0.3, -0.25) is 4.21 Å². The van der Waals surface area contributed by atoms with E-state index in [0.29, 0.717) is 11.8 Å². The highest BCUT2D eigenvalue weighted by Crippen LogP contribution is 2.35. The van der Waals surface area contributed by atoms with Crippen LogP contribution in [0.4, 0.5) is 0 Å². The Morgan fingerprint density at radius 1 is 1.24 bits per heavy atom. The maximum atomic E-state index is 12.1. The molecule has 1 saturated carbocycles. The van der Waals surface area contributed by atoms with Gasteiger partial charge in [0, 0.05) is 34.4 Å². The first-order valence-electron chi connectivity index (χ1n) is 6.46.